The van der Waals surface area contributed by atoms with E-state index < -0.39 is 121 Å². The van der Waals surface area contributed by atoms with Crippen molar-refractivity contribution in [2.75, 3.05) is 39.8 Å². The molecular formula is C56H89BrN10O13. The van der Waals surface area contributed by atoms with Crippen LogP contribution in [0.4, 0.5) is 0 Å². The van der Waals surface area contributed by atoms with Crippen LogP contribution in [-0.4, -0.2) is 176 Å². The molecule has 1 aromatic rings. The van der Waals surface area contributed by atoms with Gasteiger partial charge in [-0.2, -0.15) is 0 Å². The van der Waals surface area contributed by atoms with Crippen molar-refractivity contribution in [3.05, 3.63) is 35.9 Å². The summed E-state index contributed by atoms with van der Waals surface area (Å²) in [6, 6.07) is 1.58. The standard InChI is InChI=1S/C56H89BrN10O13/c1-9-34(6)49(35(7)69)64-51(76)37(17-13-20-60-56(58)59)26-47(72)42(29-48(73)74)62-53(78)44(24-33(4)5)65(8)55(80)45-28-40(70)31-67(45)54(79)43(23-32(2)3)63-50(75)38(19-22-68)27-46(71)41(25-36-15-11-10-12-16-36)61-52(77)39-18-14-21-66(57)30-39/h10-12,15-16,32-34,37-45,49,68,70H,9,13-14,17-31H2,1-8H3,(H,61,77)(H,62,78)(H,63,75)(H,64,76)(H,73,74)(H4,58,59,60)/t34?,37-,38+,39+,40-,41+,42+,43+,44+,45+,49+/m1/s1. The number of benzene rings is 1. The summed E-state index contributed by atoms with van der Waals surface area (Å²) < 4.78 is 1.87. The second kappa shape index (κ2) is 33.8. The van der Waals surface area contributed by atoms with Gasteiger partial charge in [-0.1, -0.05) is 78.3 Å². The Hall–Kier alpha value is -5.85. The molecule has 0 saturated carbocycles. The highest BCUT2D eigenvalue weighted by Crippen LogP contribution is 2.26. The van der Waals surface area contributed by atoms with E-state index in [9.17, 15) is 63.3 Å². The van der Waals surface area contributed by atoms with Crippen LogP contribution in [0.15, 0.2) is 35.3 Å². The second-order valence-electron chi connectivity index (χ2n) is 22.5. The Balaban J connectivity index is 1.89. The number of amides is 6. The fourth-order valence-electron chi connectivity index (χ4n) is 10.2. The number of hydrogen-bond acceptors (Lipinski definition) is 14. The Kier molecular flexibility index (Phi) is 28.9. The molecule has 0 spiro atoms. The molecule has 448 valence electrons. The molecule has 24 heteroatoms. The number of aliphatic imine (C=N–C) groups is 1. The van der Waals surface area contributed by atoms with Crippen LogP contribution in [0.5, 0.6) is 0 Å². The number of ketones is 3. The second-order valence-corrected chi connectivity index (χ2v) is 23.5. The molecule has 80 heavy (non-hydrogen) atoms. The highest BCUT2D eigenvalue weighted by Gasteiger charge is 2.45. The largest absolute Gasteiger partial charge is 0.481 e. The number of carbonyl (C=O) groups is 10. The molecule has 0 radical (unpaired) electrons. The molecule has 2 aliphatic rings. The molecular weight excluding hydrogens is 1100 g/mol. The number of halogens is 1. The molecule has 1 unspecified atom stereocenters. The highest BCUT2D eigenvalue weighted by molar-refractivity contribution is 9.07. The zero-order valence-electron chi connectivity index (χ0n) is 47.9. The number of nitrogens with two attached hydrogens (primary N) is 2. The average Bonchev–Trinajstić information content (AvgIpc) is 3.79. The van der Waals surface area contributed by atoms with E-state index in [0.717, 1.165) is 28.3 Å². The lowest BCUT2D eigenvalue weighted by Crippen LogP contribution is -2.58. The number of aliphatic hydroxyl groups excluding tert-OH is 2. The SMILES string of the molecule is CCC(C)[C@H](NC(=O)[C@H](CCCN=C(N)N)CC(=O)[C@H](CC(=O)O)NC(=O)[C@H](CC(C)C)N(C)C(=O)[C@@H]1C[C@@H](O)CN1C(=O)[C@H](CC(C)C)NC(=O)[C@@H](CCO)CC(=O)[C@H](Cc1ccccc1)NC(=O)[C@H]1CCCN(Br)C1)C(C)=O. The fraction of sp³-hybridized carbons (Fsp3) is 0.696. The van der Waals surface area contributed by atoms with E-state index in [2.05, 4.69) is 42.4 Å². The van der Waals surface area contributed by atoms with E-state index in [1.807, 2.05) is 55.0 Å². The maximum absolute atomic E-state index is 14.7. The third-order valence-corrected chi connectivity index (χ3v) is 15.5. The number of guanidine groups is 1. The van der Waals surface area contributed by atoms with Gasteiger partial charge in [-0.05, 0) is 81.6 Å². The molecule has 0 aromatic heterocycles. The van der Waals surface area contributed by atoms with E-state index in [0.29, 0.717) is 19.4 Å². The van der Waals surface area contributed by atoms with Gasteiger partial charge in [0.05, 0.1) is 36.6 Å². The molecule has 2 heterocycles. The van der Waals surface area contributed by atoms with E-state index in [1.165, 1.54) is 14.0 Å². The smallest absolute Gasteiger partial charge is 0.305 e. The summed E-state index contributed by atoms with van der Waals surface area (Å²) in [6.45, 7) is 12.7. The normalized spacial score (nSPS) is 19.5. The van der Waals surface area contributed by atoms with Crippen LogP contribution in [0.2, 0.25) is 0 Å². The number of likely N-dealkylation sites (tertiary alicyclic amines) is 1. The number of nitrogens with one attached hydrogen (secondary N) is 4. The third-order valence-electron chi connectivity index (χ3n) is 14.9. The lowest BCUT2D eigenvalue weighted by molar-refractivity contribution is -0.149. The number of aliphatic carboxylic acids is 1. The predicted octanol–water partition coefficient (Wildman–Crippen LogP) is 1.77. The van der Waals surface area contributed by atoms with E-state index in [1.54, 1.807) is 20.8 Å². The van der Waals surface area contributed by atoms with Crippen molar-refractivity contribution in [2.24, 2.45) is 52.0 Å². The van der Waals surface area contributed by atoms with Gasteiger partial charge in [-0.15, -0.1) is 0 Å². The summed E-state index contributed by atoms with van der Waals surface area (Å²) in [5.74, 6) is -10.5. The molecule has 6 amide bonds. The van der Waals surface area contributed by atoms with Gasteiger partial charge in [0.15, 0.2) is 23.3 Å². The van der Waals surface area contributed by atoms with Crippen molar-refractivity contribution in [1.29, 1.82) is 0 Å². The van der Waals surface area contributed by atoms with Crippen LogP contribution in [0.1, 0.15) is 131 Å². The quantitative estimate of drug-likeness (QED) is 0.0205. The van der Waals surface area contributed by atoms with Gasteiger partial charge in [0, 0.05) is 87.1 Å². The highest BCUT2D eigenvalue weighted by atomic mass is 79.9. The summed E-state index contributed by atoms with van der Waals surface area (Å²) in [6.07, 6.45) is -0.926. The maximum Gasteiger partial charge on any atom is 0.305 e. The number of aliphatic hydroxyl groups is 2. The summed E-state index contributed by atoms with van der Waals surface area (Å²) in [4.78, 5) is 145. The minimum absolute atomic E-state index is 0.00602. The third kappa shape index (κ3) is 22.2. The number of piperidine rings is 1. The van der Waals surface area contributed by atoms with Crippen molar-refractivity contribution < 1.29 is 63.3 Å². The van der Waals surface area contributed by atoms with Gasteiger partial charge in [0.25, 0.3) is 0 Å². The summed E-state index contributed by atoms with van der Waals surface area (Å²) in [5.41, 5.74) is 11.7. The zero-order valence-corrected chi connectivity index (χ0v) is 49.5. The number of nitrogens with zero attached hydrogens (tertiary/aromatic N) is 4. The molecule has 0 bridgehead atoms. The van der Waals surface area contributed by atoms with Crippen LogP contribution < -0.4 is 32.7 Å². The Bertz CT molecular complexity index is 2300. The Morgan fingerprint density at radius 1 is 0.800 bits per heavy atom. The zero-order chi connectivity index (χ0) is 60.0. The Labute approximate surface area is 479 Å². The minimum Gasteiger partial charge on any atom is -0.481 e. The van der Waals surface area contributed by atoms with Gasteiger partial charge in [0.2, 0.25) is 35.4 Å². The first-order chi connectivity index (χ1) is 37.7. The molecule has 11 N–H and O–H groups in total. The number of β-amino-alcohol motifs (C(OH)–C–C–N with tert-alkyl or cyclic N) is 1. The van der Waals surface area contributed by atoms with Gasteiger partial charge >= 0.3 is 5.97 Å². The number of likely N-dealkylation sites (N-methyl/N-ethyl adjacent to an activating group) is 1. The number of carbonyl (C=O) groups excluding carboxylic acids is 9. The van der Waals surface area contributed by atoms with E-state index >= 15 is 0 Å². The number of carboxylic acid groups (broad SMARTS) is 1. The van der Waals surface area contributed by atoms with Crippen molar-refractivity contribution in [2.45, 2.75) is 174 Å². The first-order valence-electron chi connectivity index (χ1n) is 28.0. The average molecular weight is 1190 g/mol. The van der Waals surface area contributed by atoms with Crippen molar-refractivity contribution >= 4 is 80.9 Å². The first kappa shape index (κ1) is 68.4. The molecule has 2 fully saturated rings. The molecule has 23 nitrogen and oxygen atoms in total. The number of Topliss-reactive ketones (excluding diaryl/α,β-unsaturated/α-hetero) is 3. The molecule has 2 aliphatic heterocycles. The van der Waals surface area contributed by atoms with Gasteiger partial charge in [0.1, 0.15) is 18.1 Å². The summed E-state index contributed by atoms with van der Waals surface area (Å²) in [7, 11) is 1.32. The lowest BCUT2D eigenvalue weighted by atomic mass is 9.90. The van der Waals surface area contributed by atoms with Crippen molar-refractivity contribution in [3.8, 4) is 0 Å². The van der Waals surface area contributed by atoms with Gasteiger partial charge in [-0.3, -0.25) is 52.9 Å². The van der Waals surface area contributed by atoms with E-state index in [4.69, 9.17) is 11.5 Å². The van der Waals surface area contributed by atoms with Crippen molar-refractivity contribution in [3.63, 3.8) is 0 Å². The number of hydrogen-bond donors (Lipinski definition) is 9. The molecule has 3 rings (SSSR count). The molecule has 0 aliphatic carbocycles. The van der Waals surface area contributed by atoms with Crippen LogP contribution in [0, 0.1) is 35.5 Å². The number of rotatable bonds is 34. The summed E-state index contributed by atoms with van der Waals surface area (Å²) in [5, 5.41) is 42.1. The van der Waals surface area contributed by atoms with Gasteiger partial charge in [-0.25, -0.2) is 3.93 Å². The minimum atomic E-state index is -1.67. The molecule has 2 saturated heterocycles. The van der Waals surface area contributed by atoms with Crippen LogP contribution in [0.25, 0.3) is 0 Å². The van der Waals surface area contributed by atoms with Crippen molar-refractivity contribution in [1.82, 2.24) is 35.0 Å². The van der Waals surface area contributed by atoms with Gasteiger partial charge < -0.3 is 57.9 Å². The van der Waals surface area contributed by atoms with Crippen LogP contribution in [-0.2, 0) is 54.4 Å². The maximum atomic E-state index is 14.7. The Morgan fingerprint density at radius 3 is 1.96 bits per heavy atom. The van der Waals surface area contributed by atoms with E-state index in [-0.39, 0.29) is 106 Å². The molecule has 1 aromatic carbocycles. The molecule has 11 atom stereocenters. The number of carboxylic acids is 1. The first-order valence-corrected chi connectivity index (χ1v) is 28.7. The van der Waals surface area contributed by atoms with Crippen LogP contribution in [0.3, 0.4) is 0 Å². The van der Waals surface area contributed by atoms with Crippen LogP contribution >= 0.6 is 16.1 Å². The topological polar surface area (TPSA) is 354 Å². The lowest BCUT2D eigenvalue weighted by Gasteiger charge is -2.35. The Morgan fingerprint density at radius 2 is 1.40 bits per heavy atom. The summed E-state index contributed by atoms with van der Waals surface area (Å²) >= 11 is 3.46. The monoisotopic (exact) mass is 1190 g/mol. The fourth-order valence-corrected chi connectivity index (χ4v) is 10.8. The predicted molar refractivity (Wildman–Crippen MR) is 303 cm³/mol.